The van der Waals surface area contributed by atoms with E-state index in [0.29, 0.717) is 5.56 Å². The molecule has 0 aliphatic rings. The zero-order valence-electron chi connectivity index (χ0n) is 9.83. The number of benzene rings is 1. The van der Waals surface area contributed by atoms with Crippen molar-refractivity contribution >= 4 is 11.6 Å². The van der Waals surface area contributed by atoms with Crippen molar-refractivity contribution < 1.29 is 9.59 Å². The molecule has 0 spiro atoms. The Morgan fingerprint density at radius 1 is 1.07 bits per heavy atom. The standard InChI is InChI=1S/C10H10O2.C3H8/c1-7-3-5-9(6-4-7)10(12)8(2)11;1-3-2/h3-6H,1-2H3;3H2,1-2H3. The molecule has 1 aromatic rings. The minimum atomic E-state index is -0.421. The second-order valence-corrected chi connectivity index (χ2v) is 3.46. The van der Waals surface area contributed by atoms with Crippen LogP contribution in [0, 0.1) is 6.92 Å². The van der Waals surface area contributed by atoms with E-state index in [1.165, 1.54) is 13.3 Å². The number of carbonyl (C=O) groups excluding carboxylic acids is 2. The first-order valence-electron chi connectivity index (χ1n) is 5.14. The van der Waals surface area contributed by atoms with E-state index in [1.807, 2.05) is 19.1 Å². The van der Waals surface area contributed by atoms with Crippen molar-refractivity contribution in [2.75, 3.05) is 0 Å². The topological polar surface area (TPSA) is 34.1 Å². The lowest BCUT2D eigenvalue weighted by atomic mass is 10.1. The number of aryl methyl sites for hydroxylation is 1. The van der Waals surface area contributed by atoms with E-state index in [9.17, 15) is 9.59 Å². The second-order valence-electron chi connectivity index (χ2n) is 3.46. The quantitative estimate of drug-likeness (QED) is 0.550. The van der Waals surface area contributed by atoms with Crippen LogP contribution in [0.3, 0.4) is 0 Å². The highest BCUT2D eigenvalue weighted by molar-refractivity contribution is 6.42. The van der Waals surface area contributed by atoms with Gasteiger partial charge in [-0.05, 0) is 6.92 Å². The summed E-state index contributed by atoms with van der Waals surface area (Å²) in [6, 6.07) is 6.96. The van der Waals surface area contributed by atoms with Gasteiger partial charge in [-0.25, -0.2) is 0 Å². The van der Waals surface area contributed by atoms with E-state index < -0.39 is 11.6 Å². The molecular weight excluding hydrogens is 188 g/mol. The number of hydrogen-bond acceptors (Lipinski definition) is 2. The van der Waals surface area contributed by atoms with Crippen LogP contribution in [0.25, 0.3) is 0 Å². The van der Waals surface area contributed by atoms with Crippen molar-refractivity contribution in [1.82, 2.24) is 0 Å². The molecule has 82 valence electrons. The lowest BCUT2D eigenvalue weighted by molar-refractivity contribution is -0.113. The summed E-state index contributed by atoms with van der Waals surface area (Å²) in [6.45, 7) is 7.46. The Morgan fingerprint density at radius 2 is 1.47 bits per heavy atom. The Balaban J connectivity index is 0.000000583. The first-order valence-corrected chi connectivity index (χ1v) is 5.14. The minimum Gasteiger partial charge on any atom is -0.291 e. The normalized spacial score (nSPS) is 8.80. The molecule has 1 rings (SSSR count). The molecule has 0 amide bonds. The molecule has 15 heavy (non-hydrogen) atoms. The Hall–Kier alpha value is -1.44. The van der Waals surface area contributed by atoms with Gasteiger partial charge in [0, 0.05) is 12.5 Å². The number of Topliss-reactive ketones (excluding diaryl/α,β-unsaturated/α-hetero) is 2. The maximum Gasteiger partial charge on any atom is 0.228 e. The smallest absolute Gasteiger partial charge is 0.228 e. The highest BCUT2D eigenvalue weighted by atomic mass is 16.2. The Kier molecular flexibility index (Phi) is 6.27. The summed E-state index contributed by atoms with van der Waals surface area (Å²) in [4.78, 5) is 21.8. The van der Waals surface area contributed by atoms with Gasteiger partial charge in [0.1, 0.15) is 0 Å². The molecule has 0 saturated heterocycles. The number of rotatable bonds is 2. The van der Waals surface area contributed by atoms with Crippen molar-refractivity contribution in [2.24, 2.45) is 0 Å². The minimum absolute atomic E-state index is 0.418. The predicted molar refractivity (Wildman–Crippen MR) is 62.2 cm³/mol. The van der Waals surface area contributed by atoms with Gasteiger partial charge in [-0.2, -0.15) is 0 Å². The maximum atomic E-state index is 11.1. The van der Waals surface area contributed by atoms with E-state index in [-0.39, 0.29) is 0 Å². The zero-order chi connectivity index (χ0) is 11.8. The molecule has 0 bridgehead atoms. The van der Waals surface area contributed by atoms with Gasteiger partial charge in [0.05, 0.1) is 0 Å². The van der Waals surface area contributed by atoms with Gasteiger partial charge in [0.2, 0.25) is 5.78 Å². The Labute approximate surface area is 91.3 Å². The van der Waals surface area contributed by atoms with Gasteiger partial charge < -0.3 is 0 Å². The lowest BCUT2D eigenvalue weighted by Crippen LogP contribution is -2.09. The molecule has 0 radical (unpaired) electrons. The van der Waals surface area contributed by atoms with Crippen molar-refractivity contribution in [1.29, 1.82) is 0 Å². The molecule has 0 heterocycles. The molecule has 2 nitrogen and oxygen atoms in total. The third kappa shape index (κ3) is 5.11. The van der Waals surface area contributed by atoms with E-state index >= 15 is 0 Å². The largest absolute Gasteiger partial charge is 0.291 e. The third-order valence-corrected chi connectivity index (χ3v) is 1.63. The third-order valence-electron chi connectivity index (χ3n) is 1.63. The number of hydrogen-bond donors (Lipinski definition) is 0. The van der Waals surface area contributed by atoms with Crippen LogP contribution in [0.15, 0.2) is 24.3 Å². The highest BCUT2D eigenvalue weighted by Crippen LogP contribution is 2.04. The van der Waals surface area contributed by atoms with Crippen molar-refractivity contribution in [3.63, 3.8) is 0 Å². The zero-order valence-corrected chi connectivity index (χ0v) is 9.83. The van der Waals surface area contributed by atoms with Crippen molar-refractivity contribution in [2.45, 2.75) is 34.1 Å². The summed E-state index contributed by atoms with van der Waals surface area (Å²) >= 11 is 0. The molecule has 2 heteroatoms. The van der Waals surface area contributed by atoms with Crippen LogP contribution in [0.5, 0.6) is 0 Å². The van der Waals surface area contributed by atoms with Crippen molar-refractivity contribution in [3.8, 4) is 0 Å². The van der Waals surface area contributed by atoms with Crippen LogP contribution >= 0.6 is 0 Å². The fourth-order valence-electron chi connectivity index (χ4n) is 0.908. The summed E-state index contributed by atoms with van der Waals surface area (Å²) in [5, 5.41) is 0. The molecule has 0 unspecified atom stereocenters. The SMILES string of the molecule is CC(=O)C(=O)c1ccc(C)cc1.CCC. The van der Waals surface area contributed by atoms with Crippen LogP contribution in [0.1, 0.15) is 43.1 Å². The lowest BCUT2D eigenvalue weighted by Gasteiger charge is -1.96. The molecule has 0 atom stereocenters. The van der Waals surface area contributed by atoms with E-state index in [4.69, 9.17) is 0 Å². The summed E-state index contributed by atoms with van der Waals surface area (Å²) < 4.78 is 0. The van der Waals surface area contributed by atoms with Crippen LogP contribution in [-0.2, 0) is 4.79 Å². The molecule has 0 aliphatic heterocycles. The average Bonchev–Trinajstić information content (AvgIpc) is 2.19. The summed E-state index contributed by atoms with van der Waals surface area (Å²) in [5.41, 5.74) is 1.54. The van der Waals surface area contributed by atoms with Crippen LogP contribution in [0.4, 0.5) is 0 Å². The van der Waals surface area contributed by atoms with Gasteiger partial charge in [-0.15, -0.1) is 0 Å². The van der Waals surface area contributed by atoms with E-state index in [2.05, 4.69) is 13.8 Å². The van der Waals surface area contributed by atoms with Gasteiger partial charge in [-0.1, -0.05) is 50.1 Å². The molecule has 0 aliphatic carbocycles. The Morgan fingerprint density at radius 3 is 1.80 bits per heavy atom. The molecule has 1 aromatic carbocycles. The second kappa shape index (κ2) is 6.93. The summed E-state index contributed by atoms with van der Waals surface area (Å²) in [6.07, 6.45) is 1.25. The fourth-order valence-corrected chi connectivity index (χ4v) is 0.908. The summed E-state index contributed by atoms with van der Waals surface area (Å²) in [7, 11) is 0. The van der Waals surface area contributed by atoms with E-state index in [1.54, 1.807) is 12.1 Å². The van der Waals surface area contributed by atoms with Crippen molar-refractivity contribution in [3.05, 3.63) is 35.4 Å². The van der Waals surface area contributed by atoms with E-state index in [0.717, 1.165) is 5.56 Å². The monoisotopic (exact) mass is 206 g/mol. The van der Waals surface area contributed by atoms with Gasteiger partial charge in [0.25, 0.3) is 0 Å². The van der Waals surface area contributed by atoms with Crippen LogP contribution < -0.4 is 0 Å². The van der Waals surface area contributed by atoms with Gasteiger partial charge >= 0.3 is 0 Å². The molecule has 0 fully saturated rings. The van der Waals surface area contributed by atoms with Gasteiger partial charge in [-0.3, -0.25) is 9.59 Å². The average molecular weight is 206 g/mol. The predicted octanol–water partition coefficient (Wildman–Crippen LogP) is 3.18. The highest BCUT2D eigenvalue weighted by Gasteiger charge is 2.09. The molecule has 0 aromatic heterocycles. The van der Waals surface area contributed by atoms with Gasteiger partial charge in [0.15, 0.2) is 5.78 Å². The number of carbonyl (C=O) groups is 2. The fraction of sp³-hybridized carbons (Fsp3) is 0.385. The first-order chi connectivity index (χ1) is 7.02. The molecular formula is C13H18O2. The van der Waals surface area contributed by atoms with Crippen LogP contribution in [-0.4, -0.2) is 11.6 Å². The van der Waals surface area contributed by atoms with Crippen LogP contribution in [0.2, 0.25) is 0 Å². The molecule has 0 saturated carbocycles. The Bertz CT molecular complexity index is 323. The maximum absolute atomic E-state index is 11.1. The first kappa shape index (κ1) is 13.6. The molecule has 0 N–H and O–H groups in total. The number of ketones is 2. The summed E-state index contributed by atoms with van der Waals surface area (Å²) in [5.74, 6) is -0.839.